The Balaban J connectivity index is 1.51. The maximum absolute atomic E-state index is 14.3. The van der Waals surface area contributed by atoms with Crippen molar-refractivity contribution in [1.82, 2.24) is 15.1 Å². The molecule has 0 bridgehead atoms. The highest BCUT2D eigenvalue weighted by molar-refractivity contribution is 5.84. The maximum Gasteiger partial charge on any atom is 0.199 e. The molecule has 3 heterocycles. The highest BCUT2D eigenvalue weighted by Crippen LogP contribution is 2.36. The van der Waals surface area contributed by atoms with E-state index in [4.69, 9.17) is 11.5 Å². The average Bonchev–Trinajstić information content (AvgIpc) is 3.19. The van der Waals surface area contributed by atoms with Crippen LogP contribution in [0.25, 0.3) is 0 Å². The number of nitrogens with one attached hydrogen (secondary N) is 1. The first-order valence-corrected chi connectivity index (χ1v) is 9.70. The lowest BCUT2D eigenvalue weighted by atomic mass is 9.95. The largest absolute Gasteiger partial charge is 0.369 e. The molecule has 30 heavy (non-hydrogen) atoms. The molecule has 5 N–H and O–H groups in total. The van der Waals surface area contributed by atoms with Crippen molar-refractivity contribution in [3.05, 3.63) is 77.0 Å². The average molecular weight is 409 g/mol. The number of hydrogen-bond acceptors (Lipinski definition) is 6. The van der Waals surface area contributed by atoms with Gasteiger partial charge in [0.15, 0.2) is 11.8 Å². The number of nitrogens with zero attached hydrogens (tertiary/aromatic N) is 4. The van der Waals surface area contributed by atoms with Gasteiger partial charge in [0, 0.05) is 24.3 Å². The van der Waals surface area contributed by atoms with E-state index in [1.165, 1.54) is 18.2 Å². The zero-order chi connectivity index (χ0) is 20.8. The number of guanidine groups is 1. The Hall–Kier alpha value is -3.46. The fourth-order valence-electron chi connectivity index (χ4n) is 4.35. The van der Waals surface area contributed by atoms with E-state index in [1.807, 2.05) is 34.1 Å². The molecular formula is C21H21F2N7. The first kappa shape index (κ1) is 18.6. The van der Waals surface area contributed by atoms with Gasteiger partial charge in [0.25, 0.3) is 0 Å². The molecule has 2 aliphatic rings. The topological polar surface area (TPSA) is 99.6 Å². The Morgan fingerprint density at radius 2 is 1.87 bits per heavy atom. The number of fused-ring (bicyclic) bond motifs is 2. The van der Waals surface area contributed by atoms with E-state index in [9.17, 15) is 8.78 Å². The van der Waals surface area contributed by atoms with E-state index in [0.717, 1.165) is 16.8 Å². The predicted molar refractivity (Wildman–Crippen MR) is 110 cm³/mol. The fourth-order valence-corrected chi connectivity index (χ4v) is 4.35. The minimum Gasteiger partial charge on any atom is -0.369 e. The monoisotopic (exact) mass is 409 g/mol. The number of aromatic nitrogens is 2. The molecule has 0 saturated heterocycles. The second-order valence-electron chi connectivity index (χ2n) is 7.56. The van der Waals surface area contributed by atoms with Crippen molar-refractivity contribution in [3.8, 4) is 0 Å². The minimum absolute atomic E-state index is 0.0367. The van der Waals surface area contributed by atoms with Crippen LogP contribution in [0.2, 0.25) is 0 Å². The van der Waals surface area contributed by atoms with Crippen molar-refractivity contribution in [2.45, 2.75) is 25.2 Å². The molecule has 0 spiro atoms. The number of nitrogens with two attached hydrogens (primary N) is 2. The third kappa shape index (κ3) is 2.98. The highest BCUT2D eigenvalue weighted by atomic mass is 19.1. The molecule has 2 aliphatic heterocycles. The first-order chi connectivity index (χ1) is 14.5. The van der Waals surface area contributed by atoms with Crippen molar-refractivity contribution in [3.63, 3.8) is 0 Å². The summed E-state index contributed by atoms with van der Waals surface area (Å²) in [5, 5.41) is 6.80. The molecule has 5 rings (SSSR count). The number of rotatable bonds is 3. The van der Waals surface area contributed by atoms with Crippen LogP contribution >= 0.6 is 0 Å². The van der Waals surface area contributed by atoms with Gasteiger partial charge in [0.1, 0.15) is 17.8 Å². The Kier molecular flexibility index (Phi) is 4.39. The summed E-state index contributed by atoms with van der Waals surface area (Å²) in [6.07, 6.45) is 1.81. The van der Waals surface area contributed by atoms with Gasteiger partial charge in [0.2, 0.25) is 0 Å². The van der Waals surface area contributed by atoms with Gasteiger partial charge in [-0.2, -0.15) is 10.1 Å². The van der Waals surface area contributed by atoms with Crippen LogP contribution in [-0.2, 0) is 13.0 Å². The Morgan fingerprint density at radius 3 is 2.67 bits per heavy atom. The van der Waals surface area contributed by atoms with Gasteiger partial charge in [-0.3, -0.25) is 5.10 Å². The van der Waals surface area contributed by atoms with Crippen LogP contribution in [0, 0.1) is 11.6 Å². The van der Waals surface area contributed by atoms with Gasteiger partial charge in [-0.15, -0.1) is 0 Å². The highest BCUT2D eigenvalue weighted by Gasteiger charge is 2.36. The second-order valence-corrected chi connectivity index (χ2v) is 7.56. The lowest BCUT2D eigenvalue weighted by Gasteiger charge is -2.44. The number of hydrogen-bond donors (Lipinski definition) is 3. The molecule has 0 saturated carbocycles. The Morgan fingerprint density at radius 1 is 1.10 bits per heavy atom. The van der Waals surface area contributed by atoms with E-state index in [-0.39, 0.29) is 18.2 Å². The normalized spacial score (nSPS) is 20.6. The van der Waals surface area contributed by atoms with Crippen LogP contribution in [0.1, 0.15) is 22.9 Å². The van der Waals surface area contributed by atoms with E-state index in [1.54, 1.807) is 6.20 Å². The molecular weight excluding hydrogens is 388 g/mol. The molecule has 1 aromatic heterocycles. The number of benzene rings is 2. The summed E-state index contributed by atoms with van der Waals surface area (Å²) >= 11 is 0. The molecule has 3 aromatic rings. The van der Waals surface area contributed by atoms with Gasteiger partial charge >= 0.3 is 0 Å². The van der Waals surface area contributed by atoms with Gasteiger partial charge in [0.05, 0.1) is 17.8 Å². The first-order valence-electron chi connectivity index (χ1n) is 9.70. The second kappa shape index (κ2) is 7.10. The summed E-state index contributed by atoms with van der Waals surface area (Å²) < 4.78 is 28.7. The number of H-pyrrole nitrogens is 1. The molecule has 7 nitrogen and oxygen atoms in total. The molecule has 9 heteroatoms. The minimum atomic E-state index is -0.562. The lowest BCUT2D eigenvalue weighted by molar-refractivity contribution is 0.228. The summed E-state index contributed by atoms with van der Waals surface area (Å²) in [4.78, 5) is 8.22. The zero-order valence-electron chi connectivity index (χ0n) is 16.1. The van der Waals surface area contributed by atoms with Crippen LogP contribution in [0.15, 0.2) is 53.7 Å². The lowest BCUT2D eigenvalue weighted by Crippen LogP contribution is -2.56. The zero-order valence-corrected chi connectivity index (χ0v) is 16.1. The quantitative estimate of drug-likeness (QED) is 0.617. The summed E-state index contributed by atoms with van der Waals surface area (Å²) in [5.41, 5.74) is 15.5. The Labute approximate surface area is 172 Å². The van der Waals surface area contributed by atoms with Crippen molar-refractivity contribution in [2.24, 2.45) is 16.5 Å². The molecule has 2 atom stereocenters. The van der Waals surface area contributed by atoms with E-state index < -0.39 is 17.8 Å². The molecule has 2 unspecified atom stereocenters. The number of aromatic amines is 1. The van der Waals surface area contributed by atoms with Gasteiger partial charge in [-0.05, 0) is 30.2 Å². The molecule has 0 aliphatic carbocycles. The van der Waals surface area contributed by atoms with Gasteiger partial charge < -0.3 is 21.3 Å². The Bertz CT molecular complexity index is 1110. The molecule has 0 fully saturated rings. The smallest absolute Gasteiger partial charge is 0.199 e. The van der Waals surface area contributed by atoms with Crippen molar-refractivity contribution in [1.29, 1.82) is 0 Å². The van der Waals surface area contributed by atoms with Crippen molar-refractivity contribution >= 4 is 17.5 Å². The SMILES string of the molecule is NC1=Nc2[nH]ncc2C(N)N1C1Cc2ccccc2N(Cc2c(F)cccc2F)C1. The summed E-state index contributed by atoms with van der Waals surface area (Å²) in [5.74, 6) is -0.278. The van der Waals surface area contributed by atoms with Crippen LogP contribution in [0.5, 0.6) is 0 Å². The standard InChI is InChI=1S/C21H21F2N7/c22-16-5-3-6-17(23)15(16)11-29-10-13(8-12-4-1-2-7-18(12)29)30-19(24)14-9-26-28-20(14)27-21(30)25/h1-7,9,13,19H,8,10-11,24H2,(H3,25,26,27,28). The third-order valence-electron chi connectivity index (χ3n) is 5.78. The third-order valence-corrected chi connectivity index (χ3v) is 5.78. The number of halogens is 2. The molecule has 2 aromatic carbocycles. The number of para-hydroxylation sites is 1. The van der Waals surface area contributed by atoms with Crippen LogP contribution in [0.4, 0.5) is 20.3 Å². The number of anilines is 1. The summed E-state index contributed by atoms with van der Waals surface area (Å²) in [6.45, 7) is 0.588. The molecule has 154 valence electrons. The van der Waals surface area contributed by atoms with Gasteiger partial charge in [-0.25, -0.2) is 8.78 Å². The summed E-state index contributed by atoms with van der Waals surface area (Å²) in [7, 11) is 0. The fraction of sp³-hybridized carbons (Fsp3) is 0.238. The summed E-state index contributed by atoms with van der Waals surface area (Å²) in [6, 6.07) is 11.6. The van der Waals surface area contributed by atoms with Crippen LogP contribution in [0.3, 0.4) is 0 Å². The number of aliphatic imine (C=N–C) groups is 1. The van der Waals surface area contributed by atoms with Crippen LogP contribution in [-0.4, -0.2) is 33.6 Å². The maximum atomic E-state index is 14.3. The van der Waals surface area contributed by atoms with Crippen molar-refractivity contribution in [2.75, 3.05) is 11.4 Å². The van der Waals surface area contributed by atoms with E-state index in [0.29, 0.717) is 24.7 Å². The van der Waals surface area contributed by atoms with E-state index >= 15 is 0 Å². The van der Waals surface area contributed by atoms with Crippen LogP contribution < -0.4 is 16.4 Å². The van der Waals surface area contributed by atoms with E-state index in [2.05, 4.69) is 15.2 Å². The van der Waals surface area contributed by atoms with Gasteiger partial charge in [-0.1, -0.05) is 24.3 Å². The predicted octanol–water partition coefficient (Wildman–Crippen LogP) is 2.54. The van der Waals surface area contributed by atoms with Crippen molar-refractivity contribution < 1.29 is 8.78 Å². The molecule has 0 amide bonds. The molecule has 0 radical (unpaired) electrons.